The number of aromatic nitrogens is 1. The molecule has 2 atom stereocenters. The summed E-state index contributed by atoms with van der Waals surface area (Å²) < 4.78 is 19.6. The largest absolute Gasteiger partial charge is 0.363 e. The molecule has 33 heavy (non-hydrogen) atoms. The molecule has 2 aliphatic heterocycles. The lowest BCUT2D eigenvalue weighted by molar-refractivity contribution is -0.170. The van der Waals surface area contributed by atoms with Crippen molar-refractivity contribution in [1.29, 1.82) is 0 Å². The van der Waals surface area contributed by atoms with Crippen molar-refractivity contribution in [3.8, 4) is 0 Å². The molecule has 1 amide bonds. The molecular weight excluding hydrogens is 441 g/mol. The monoisotopic (exact) mass is 473 g/mol. The van der Waals surface area contributed by atoms with Crippen LogP contribution in [0.2, 0.25) is 5.02 Å². The highest BCUT2D eigenvalue weighted by Gasteiger charge is 2.46. The molecule has 5 nitrogen and oxygen atoms in total. The zero-order valence-corrected chi connectivity index (χ0v) is 20.2. The van der Waals surface area contributed by atoms with Gasteiger partial charge < -0.3 is 10.1 Å². The number of halogens is 2. The van der Waals surface area contributed by atoms with Crippen LogP contribution >= 0.6 is 11.6 Å². The number of nitrogens with one attached hydrogen (secondary N) is 1. The average molecular weight is 474 g/mol. The number of carbonyl (C=O) groups is 1. The summed E-state index contributed by atoms with van der Waals surface area (Å²) in [6.45, 7) is 7.04. The fourth-order valence-corrected chi connectivity index (χ4v) is 5.38. The van der Waals surface area contributed by atoms with Gasteiger partial charge in [-0.1, -0.05) is 37.6 Å². The molecule has 2 aromatic rings. The third-order valence-electron chi connectivity index (χ3n) is 7.30. The summed E-state index contributed by atoms with van der Waals surface area (Å²) in [6.07, 6.45) is 7.05. The quantitative estimate of drug-likeness (QED) is 0.645. The van der Waals surface area contributed by atoms with Crippen LogP contribution in [0.1, 0.15) is 56.6 Å². The molecule has 0 aliphatic carbocycles. The normalized spacial score (nSPS) is 24.7. The summed E-state index contributed by atoms with van der Waals surface area (Å²) in [6, 6.07) is 9.07. The lowest BCUT2D eigenvalue weighted by Gasteiger charge is -2.46. The second-order valence-corrected chi connectivity index (χ2v) is 10.0. The van der Waals surface area contributed by atoms with Gasteiger partial charge >= 0.3 is 0 Å². The number of pyridine rings is 1. The molecule has 1 unspecified atom stereocenters. The molecule has 1 aromatic carbocycles. The van der Waals surface area contributed by atoms with Gasteiger partial charge in [-0.2, -0.15) is 0 Å². The van der Waals surface area contributed by atoms with E-state index in [4.69, 9.17) is 16.3 Å². The maximum atomic E-state index is 13.2. The van der Waals surface area contributed by atoms with Gasteiger partial charge in [-0.05, 0) is 79.9 Å². The van der Waals surface area contributed by atoms with Crippen molar-refractivity contribution in [2.24, 2.45) is 5.92 Å². The summed E-state index contributed by atoms with van der Waals surface area (Å²) in [7, 11) is 0. The lowest BCUT2D eigenvalue weighted by Crippen LogP contribution is -2.58. The van der Waals surface area contributed by atoms with Gasteiger partial charge in [-0.3, -0.25) is 14.7 Å². The van der Waals surface area contributed by atoms with Gasteiger partial charge in [0.05, 0.1) is 11.6 Å². The number of ether oxygens (including phenoxy) is 1. The van der Waals surface area contributed by atoms with E-state index in [9.17, 15) is 9.18 Å². The van der Waals surface area contributed by atoms with E-state index in [0.717, 1.165) is 37.9 Å². The van der Waals surface area contributed by atoms with Gasteiger partial charge in [-0.25, -0.2) is 4.39 Å². The molecule has 2 aliphatic rings. The third kappa shape index (κ3) is 5.56. The minimum atomic E-state index is -0.811. The number of rotatable bonds is 6. The second-order valence-electron chi connectivity index (χ2n) is 9.60. The maximum Gasteiger partial charge on any atom is 0.252 e. The van der Waals surface area contributed by atoms with Crippen LogP contribution in [0.25, 0.3) is 0 Å². The summed E-state index contributed by atoms with van der Waals surface area (Å²) in [5, 5.41) is 3.59. The van der Waals surface area contributed by atoms with Crippen LogP contribution in [-0.4, -0.2) is 47.1 Å². The smallest absolute Gasteiger partial charge is 0.252 e. The molecule has 4 rings (SSSR count). The van der Waals surface area contributed by atoms with Crippen LogP contribution < -0.4 is 5.32 Å². The molecule has 2 saturated heterocycles. The van der Waals surface area contributed by atoms with E-state index in [-0.39, 0.29) is 17.6 Å². The highest BCUT2D eigenvalue weighted by atomic mass is 35.5. The fraction of sp³-hybridized carbons (Fsp3) is 0.538. The molecule has 178 valence electrons. The van der Waals surface area contributed by atoms with Crippen molar-refractivity contribution in [3.63, 3.8) is 0 Å². The fourth-order valence-electron chi connectivity index (χ4n) is 5.18. The average Bonchev–Trinajstić information content (AvgIpc) is 2.83. The van der Waals surface area contributed by atoms with E-state index in [0.29, 0.717) is 36.6 Å². The molecule has 0 bridgehead atoms. The standard InChI is InChI=1S/C26H33ClFN3O2/c1-18(2)26(25(32)30-15-19-13-22(27)16-29-14-19)10-7-24(17-33-26)31-11-8-21(9-12-31)20-3-5-23(28)6-4-20/h3-6,13-14,16,18,21,24H,7-12,15,17H2,1-2H3,(H,30,32)/t24?,26-/m0/s1. The Morgan fingerprint density at radius 1 is 1.24 bits per heavy atom. The highest BCUT2D eigenvalue weighted by Crippen LogP contribution is 2.36. The highest BCUT2D eigenvalue weighted by molar-refractivity contribution is 6.30. The van der Waals surface area contributed by atoms with E-state index in [1.165, 1.54) is 5.56 Å². The Kier molecular flexibility index (Phi) is 7.67. The van der Waals surface area contributed by atoms with Crippen molar-refractivity contribution in [1.82, 2.24) is 15.2 Å². The predicted molar refractivity (Wildman–Crippen MR) is 128 cm³/mol. The number of likely N-dealkylation sites (tertiary alicyclic amines) is 1. The molecule has 0 radical (unpaired) electrons. The number of piperidine rings is 1. The molecule has 0 saturated carbocycles. The number of carbonyl (C=O) groups excluding carboxylic acids is 1. The summed E-state index contributed by atoms with van der Waals surface area (Å²) in [5.41, 5.74) is 1.28. The molecule has 0 spiro atoms. The Balaban J connectivity index is 1.31. The minimum Gasteiger partial charge on any atom is -0.363 e. The maximum absolute atomic E-state index is 13.2. The van der Waals surface area contributed by atoms with E-state index in [1.807, 2.05) is 18.2 Å². The van der Waals surface area contributed by atoms with Gasteiger partial charge in [0, 0.05) is 25.0 Å². The van der Waals surface area contributed by atoms with E-state index >= 15 is 0 Å². The van der Waals surface area contributed by atoms with Crippen molar-refractivity contribution in [2.75, 3.05) is 19.7 Å². The minimum absolute atomic E-state index is 0.0639. The van der Waals surface area contributed by atoms with Crippen LogP contribution in [0, 0.1) is 11.7 Å². The Morgan fingerprint density at radius 2 is 1.97 bits per heavy atom. The lowest BCUT2D eigenvalue weighted by atomic mass is 9.80. The molecule has 3 heterocycles. The van der Waals surface area contributed by atoms with E-state index in [1.54, 1.807) is 24.5 Å². The first-order valence-electron chi connectivity index (χ1n) is 11.9. The van der Waals surface area contributed by atoms with Gasteiger partial charge in [0.1, 0.15) is 11.4 Å². The predicted octanol–water partition coefficient (Wildman–Crippen LogP) is 4.94. The van der Waals surface area contributed by atoms with Crippen molar-refractivity contribution >= 4 is 17.5 Å². The number of hydrogen-bond donors (Lipinski definition) is 1. The van der Waals surface area contributed by atoms with Crippen molar-refractivity contribution in [3.05, 3.63) is 64.7 Å². The molecular formula is C26H33ClFN3O2. The SMILES string of the molecule is CC(C)[C@]1(C(=O)NCc2cncc(Cl)c2)CCC(N2CCC(c3ccc(F)cc3)CC2)CO1. The molecule has 7 heteroatoms. The number of nitrogens with zero attached hydrogens (tertiary/aromatic N) is 2. The first-order valence-corrected chi connectivity index (χ1v) is 12.3. The van der Waals surface area contributed by atoms with Crippen LogP contribution in [0.4, 0.5) is 4.39 Å². The zero-order valence-electron chi connectivity index (χ0n) is 19.4. The number of hydrogen-bond acceptors (Lipinski definition) is 4. The topological polar surface area (TPSA) is 54.5 Å². The van der Waals surface area contributed by atoms with Crippen LogP contribution in [0.3, 0.4) is 0 Å². The first kappa shape index (κ1) is 24.1. The van der Waals surface area contributed by atoms with Crippen molar-refractivity contribution < 1.29 is 13.9 Å². The Bertz CT molecular complexity index is 937. The van der Waals surface area contributed by atoms with Gasteiger partial charge in [0.15, 0.2) is 0 Å². The van der Waals surface area contributed by atoms with Gasteiger partial charge in [0.25, 0.3) is 5.91 Å². The summed E-state index contributed by atoms with van der Waals surface area (Å²) in [4.78, 5) is 19.8. The second kappa shape index (κ2) is 10.5. The molecule has 1 aromatic heterocycles. The Morgan fingerprint density at radius 3 is 2.58 bits per heavy atom. The number of amides is 1. The Labute approximate surface area is 200 Å². The molecule has 1 N–H and O–H groups in total. The first-order chi connectivity index (χ1) is 15.9. The Hall–Kier alpha value is -2.02. The van der Waals surface area contributed by atoms with Crippen LogP contribution in [0.15, 0.2) is 42.7 Å². The van der Waals surface area contributed by atoms with Gasteiger partial charge in [0.2, 0.25) is 0 Å². The van der Waals surface area contributed by atoms with E-state index < -0.39 is 5.60 Å². The van der Waals surface area contributed by atoms with Crippen LogP contribution in [0.5, 0.6) is 0 Å². The molecule has 2 fully saturated rings. The summed E-state index contributed by atoms with van der Waals surface area (Å²) in [5.74, 6) is 0.302. The summed E-state index contributed by atoms with van der Waals surface area (Å²) >= 11 is 6.01. The van der Waals surface area contributed by atoms with Crippen molar-refractivity contribution in [2.45, 2.75) is 63.6 Å². The zero-order chi connectivity index (χ0) is 23.4. The third-order valence-corrected chi connectivity index (χ3v) is 7.51. The number of benzene rings is 1. The van der Waals surface area contributed by atoms with Gasteiger partial charge in [-0.15, -0.1) is 0 Å². The van der Waals surface area contributed by atoms with E-state index in [2.05, 4.69) is 29.0 Å². The van der Waals surface area contributed by atoms with Crippen LogP contribution in [-0.2, 0) is 16.1 Å².